The smallest absolute Gasteiger partial charge is 0.243 e. The summed E-state index contributed by atoms with van der Waals surface area (Å²) in [6.07, 6.45) is 1.35. The topological polar surface area (TPSA) is 66.8 Å². The molecule has 3 rings (SSSR count). The summed E-state index contributed by atoms with van der Waals surface area (Å²) in [5, 5.41) is 9.89. The van der Waals surface area contributed by atoms with Crippen LogP contribution in [0.5, 0.6) is 5.75 Å². The second kappa shape index (κ2) is 5.02. The Morgan fingerprint density at radius 3 is 2.80 bits per heavy atom. The average molecular weight is 297 g/mol. The average Bonchev–Trinajstić information content (AvgIpc) is 3.02. The highest BCUT2D eigenvalue weighted by molar-refractivity contribution is 7.89. The molecule has 2 fully saturated rings. The Bertz CT molecular complexity index is 601. The van der Waals surface area contributed by atoms with E-state index in [0.29, 0.717) is 24.8 Å². The quantitative estimate of drug-likeness (QED) is 0.907. The van der Waals surface area contributed by atoms with Crippen LogP contribution in [0.25, 0.3) is 0 Å². The molecular weight excluding hydrogens is 278 g/mol. The van der Waals surface area contributed by atoms with Gasteiger partial charge in [-0.1, -0.05) is 6.07 Å². The number of ether oxygens (including phenoxy) is 1. The summed E-state index contributed by atoms with van der Waals surface area (Å²) >= 11 is 0. The molecule has 20 heavy (non-hydrogen) atoms. The number of aliphatic hydroxyl groups excluding tert-OH is 1. The molecule has 1 heterocycles. The largest absolute Gasteiger partial charge is 0.497 e. The first-order valence-corrected chi connectivity index (χ1v) is 8.28. The molecule has 0 spiro atoms. The Hall–Kier alpha value is -1.11. The SMILES string of the molecule is COc1cccc(S(=O)(=O)N2CC3CCC(O)C3C2)c1. The van der Waals surface area contributed by atoms with Gasteiger partial charge in [-0.3, -0.25) is 0 Å². The summed E-state index contributed by atoms with van der Waals surface area (Å²) in [5.74, 6) is 0.922. The van der Waals surface area contributed by atoms with E-state index in [0.717, 1.165) is 12.8 Å². The number of hydrogen-bond donors (Lipinski definition) is 1. The summed E-state index contributed by atoms with van der Waals surface area (Å²) in [6.45, 7) is 0.937. The molecule has 1 aromatic rings. The zero-order valence-electron chi connectivity index (χ0n) is 11.4. The molecule has 6 heteroatoms. The van der Waals surface area contributed by atoms with Crippen LogP contribution >= 0.6 is 0 Å². The van der Waals surface area contributed by atoms with Crippen LogP contribution < -0.4 is 4.74 Å². The second-order valence-corrected chi connectivity index (χ2v) is 7.51. The maximum absolute atomic E-state index is 12.6. The predicted octanol–water partition coefficient (Wildman–Crippen LogP) is 1.09. The summed E-state index contributed by atoms with van der Waals surface area (Å²) in [4.78, 5) is 0.256. The highest BCUT2D eigenvalue weighted by Gasteiger charge is 2.45. The number of hydrogen-bond acceptors (Lipinski definition) is 4. The number of aliphatic hydroxyl groups is 1. The molecule has 0 aromatic heterocycles. The fraction of sp³-hybridized carbons (Fsp3) is 0.571. The van der Waals surface area contributed by atoms with Crippen molar-refractivity contribution >= 4 is 10.0 Å². The number of sulfonamides is 1. The van der Waals surface area contributed by atoms with Crippen molar-refractivity contribution in [2.45, 2.75) is 23.8 Å². The van der Waals surface area contributed by atoms with E-state index in [4.69, 9.17) is 4.74 Å². The number of fused-ring (bicyclic) bond motifs is 1. The van der Waals surface area contributed by atoms with Crippen molar-refractivity contribution < 1.29 is 18.3 Å². The minimum atomic E-state index is -3.49. The van der Waals surface area contributed by atoms with Gasteiger partial charge < -0.3 is 9.84 Å². The third kappa shape index (κ3) is 2.21. The van der Waals surface area contributed by atoms with E-state index >= 15 is 0 Å². The Morgan fingerprint density at radius 1 is 1.30 bits per heavy atom. The lowest BCUT2D eigenvalue weighted by molar-refractivity contribution is 0.129. The van der Waals surface area contributed by atoms with Crippen LogP contribution in [-0.2, 0) is 10.0 Å². The Kier molecular flexibility index (Phi) is 3.48. The van der Waals surface area contributed by atoms with Gasteiger partial charge >= 0.3 is 0 Å². The molecule has 1 saturated heterocycles. The zero-order chi connectivity index (χ0) is 14.3. The highest BCUT2D eigenvalue weighted by Crippen LogP contribution is 2.40. The molecule has 3 unspecified atom stereocenters. The first kappa shape index (κ1) is 13.9. The standard InChI is InChI=1S/C14H19NO4S/c1-19-11-3-2-4-12(7-11)20(17,18)15-8-10-5-6-14(16)13(10)9-15/h2-4,7,10,13-14,16H,5-6,8-9H2,1H3. The van der Waals surface area contributed by atoms with Crippen LogP contribution in [0.1, 0.15) is 12.8 Å². The van der Waals surface area contributed by atoms with Crippen molar-refractivity contribution in [1.82, 2.24) is 4.31 Å². The fourth-order valence-electron chi connectivity index (χ4n) is 3.30. The normalized spacial score (nSPS) is 30.4. The molecular formula is C14H19NO4S. The number of benzene rings is 1. The Balaban J connectivity index is 1.86. The monoisotopic (exact) mass is 297 g/mol. The summed E-state index contributed by atoms with van der Waals surface area (Å²) < 4.78 is 31.8. The van der Waals surface area contributed by atoms with Gasteiger partial charge in [-0.05, 0) is 30.9 Å². The van der Waals surface area contributed by atoms with Gasteiger partial charge in [0.25, 0.3) is 0 Å². The number of rotatable bonds is 3. The first-order valence-electron chi connectivity index (χ1n) is 6.84. The molecule has 5 nitrogen and oxygen atoms in total. The molecule has 2 aliphatic rings. The fourth-order valence-corrected chi connectivity index (χ4v) is 4.87. The summed E-state index contributed by atoms with van der Waals surface area (Å²) in [6, 6.07) is 6.53. The van der Waals surface area contributed by atoms with Crippen LogP contribution in [0.4, 0.5) is 0 Å². The minimum Gasteiger partial charge on any atom is -0.497 e. The molecule has 1 N–H and O–H groups in total. The predicted molar refractivity (Wildman–Crippen MR) is 74.0 cm³/mol. The lowest BCUT2D eigenvalue weighted by atomic mass is 10.00. The number of nitrogens with zero attached hydrogens (tertiary/aromatic N) is 1. The zero-order valence-corrected chi connectivity index (χ0v) is 12.2. The molecule has 1 aliphatic heterocycles. The van der Waals surface area contributed by atoms with E-state index < -0.39 is 10.0 Å². The molecule has 0 amide bonds. The van der Waals surface area contributed by atoms with Gasteiger partial charge in [0.2, 0.25) is 10.0 Å². The van der Waals surface area contributed by atoms with Crippen LogP contribution in [0.3, 0.4) is 0 Å². The van der Waals surface area contributed by atoms with Crippen molar-refractivity contribution in [3.8, 4) is 5.75 Å². The lowest BCUT2D eigenvalue weighted by Crippen LogP contribution is -2.31. The van der Waals surface area contributed by atoms with E-state index in [1.165, 1.54) is 11.4 Å². The molecule has 1 aliphatic carbocycles. The summed E-state index contributed by atoms with van der Waals surface area (Å²) in [7, 11) is -1.98. The van der Waals surface area contributed by atoms with Gasteiger partial charge in [0, 0.05) is 25.1 Å². The maximum atomic E-state index is 12.6. The third-order valence-corrected chi connectivity index (χ3v) is 6.29. The van der Waals surface area contributed by atoms with E-state index in [-0.39, 0.29) is 16.9 Å². The van der Waals surface area contributed by atoms with Crippen molar-refractivity contribution in [1.29, 1.82) is 0 Å². The van der Waals surface area contributed by atoms with Crippen molar-refractivity contribution in [3.63, 3.8) is 0 Å². The molecule has 1 saturated carbocycles. The van der Waals surface area contributed by atoms with E-state index in [2.05, 4.69) is 0 Å². The van der Waals surface area contributed by atoms with Crippen LogP contribution in [0.15, 0.2) is 29.2 Å². The Morgan fingerprint density at radius 2 is 2.10 bits per heavy atom. The first-order chi connectivity index (χ1) is 9.52. The van der Waals surface area contributed by atoms with E-state index in [1.54, 1.807) is 24.3 Å². The highest BCUT2D eigenvalue weighted by atomic mass is 32.2. The third-order valence-electron chi connectivity index (χ3n) is 4.46. The van der Waals surface area contributed by atoms with Crippen molar-refractivity contribution in [2.24, 2.45) is 11.8 Å². The van der Waals surface area contributed by atoms with Crippen LogP contribution in [0, 0.1) is 11.8 Å². The van der Waals surface area contributed by atoms with Crippen molar-refractivity contribution in [2.75, 3.05) is 20.2 Å². The number of methoxy groups -OCH3 is 1. The van der Waals surface area contributed by atoms with Gasteiger partial charge in [-0.15, -0.1) is 0 Å². The Labute approximate surface area is 119 Å². The van der Waals surface area contributed by atoms with E-state index in [1.807, 2.05) is 0 Å². The van der Waals surface area contributed by atoms with Gasteiger partial charge in [-0.2, -0.15) is 4.31 Å². The van der Waals surface area contributed by atoms with Gasteiger partial charge in [-0.25, -0.2) is 8.42 Å². The lowest BCUT2D eigenvalue weighted by Gasteiger charge is -2.18. The molecule has 0 bridgehead atoms. The van der Waals surface area contributed by atoms with Gasteiger partial charge in [0.1, 0.15) is 5.75 Å². The van der Waals surface area contributed by atoms with Gasteiger partial charge in [0.15, 0.2) is 0 Å². The molecule has 3 atom stereocenters. The summed E-state index contributed by atoms with van der Waals surface area (Å²) in [5.41, 5.74) is 0. The molecule has 0 radical (unpaired) electrons. The minimum absolute atomic E-state index is 0.0929. The molecule has 1 aromatic carbocycles. The maximum Gasteiger partial charge on any atom is 0.243 e. The molecule has 110 valence electrons. The van der Waals surface area contributed by atoms with Crippen LogP contribution in [0.2, 0.25) is 0 Å². The van der Waals surface area contributed by atoms with Crippen LogP contribution in [-0.4, -0.2) is 44.1 Å². The van der Waals surface area contributed by atoms with Gasteiger partial charge in [0.05, 0.1) is 18.1 Å². The van der Waals surface area contributed by atoms with E-state index in [9.17, 15) is 13.5 Å². The van der Waals surface area contributed by atoms with Crippen molar-refractivity contribution in [3.05, 3.63) is 24.3 Å². The second-order valence-electron chi connectivity index (χ2n) is 5.57.